The zero-order valence-corrected chi connectivity index (χ0v) is 12.8. The number of ether oxygens (including phenoxy) is 1. The van der Waals surface area contributed by atoms with Crippen LogP contribution in [0, 0.1) is 5.92 Å². The van der Waals surface area contributed by atoms with E-state index < -0.39 is 6.09 Å². The Morgan fingerprint density at radius 3 is 2.75 bits per heavy atom. The van der Waals surface area contributed by atoms with Crippen LogP contribution in [-0.2, 0) is 4.74 Å². The Balaban J connectivity index is 2.47. The van der Waals surface area contributed by atoms with E-state index in [1.807, 2.05) is 0 Å². The molecule has 0 aromatic carbocycles. The summed E-state index contributed by atoms with van der Waals surface area (Å²) >= 11 is 1.37. The zero-order valence-electron chi connectivity index (χ0n) is 12.0. The van der Waals surface area contributed by atoms with Gasteiger partial charge in [0.2, 0.25) is 0 Å². The zero-order chi connectivity index (χ0) is 15.0. The van der Waals surface area contributed by atoms with Crippen LogP contribution in [0.3, 0.4) is 0 Å². The molecule has 0 saturated heterocycles. The van der Waals surface area contributed by atoms with Crippen molar-refractivity contribution < 1.29 is 14.3 Å². The van der Waals surface area contributed by atoms with Gasteiger partial charge < -0.3 is 15.4 Å². The Morgan fingerprint density at radius 1 is 1.45 bits per heavy atom. The molecule has 0 bridgehead atoms. The number of nitrogens with zero attached hydrogens (tertiary/aromatic N) is 1. The summed E-state index contributed by atoms with van der Waals surface area (Å²) in [5, 5.41) is 7.22. The van der Waals surface area contributed by atoms with Crippen LogP contribution in [0.4, 0.5) is 4.79 Å². The maximum Gasteiger partial charge on any atom is 0.407 e. The predicted octanol–water partition coefficient (Wildman–Crippen LogP) is 2.03. The highest BCUT2D eigenvalue weighted by molar-refractivity contribution is 7.07. The third kappa shape index (κ3) is 6.01. The number of amides is 2. The number of hydrogen-bond donors (Lipinski definition) is 2. The molecule has 1 atom stereocenters. The van der Waals surface area contributed by atoms with Gasteiger partial charge in [-0.3, -0.25) is 4.79 Å². The molecule has 1 aromatic heterocycles. The predicted molar refractivity (Wildman–Crippen MR) is 77.8 cm³/mol. The van der Waals surface area contributed by atoms with Crippen LogP contribution in [0.2, 0.25) is 0 Å². The van der Waals surface area contributed by atoms with E-state index >= 15 is 0 Å². The number of aromatic nitrogens is 1. The summed E-state index contributed by atoms with van der Waals surface area (Å²) in [5.41, 5.74) is 2.01. The van der Waals surface area contributed by atoms with E-state index in [1.165, 1.54) is 11.3 Å². The van der Waals surface area contributed by atoms with Crippen molar-refractivity contribution in [2.24, 2.45) is 5.92 Å². The Hall–Kier alpha value is -1.63. The summed E-state index contributed by atoms with van der Waals surface area (Å²) in [5.74, 6) is 0.170. The van der Waals surface area contributed by atoms with Crippen molar-refractivity contribution in [3.8, 4) is 0 Å². The van der Waals surface area contributed by atoms with Gasteiger partial charge in [-0.1, -0.05) is 13.8 Å². The fourth-order valence-corrected chi connectivity index (χ4v) is 2.26. The fourth-order valence-electron chi connectivity index (χ4n) is 1.73. The molecule has 1 aromatic rings. The highest BCUT2D eigenvalue weighted by Gasteiger charge is 2.16. The molecule has 0 aliphatic carbocycles. The second-order valence-electron chi connectivity index (χ2n) is 4.77. The molecule has 0 fully saturated rings. The molecular formula is C13H21N3O3S. The molecule has 112 valence electrons. The molecule has 0 radical (unpaired) electrons. The molecule has 0 unspecified atom stereocenters. The van der Waals surface area contributed by atoms with E-state index in [2.05, 4.69) is 29.5 Å². The standard InChI is InChI=1S/C13H21N3O3S/c1-4-19-13(18)16-10(5-9(2)3)6-14-12(17)11-7-20-8-15-11/h7-10H,4-6H2,1-3H3,(H,14,17)(H,16,18)/t10-/m1/s1. The van der Waals surface area contributed by atoms with Crippen molar-refractivity contribution in [3.05, 3.63) is 16.6 Å². The van der Waals surface area contributed by atoms with Gasteiger partial charge in [-0.05, 0) is 19.3 Å². The van der Waals surface area contributed by atoms with Crippen molar-refractivity contribution in [1.82, 2.24) is 15.6 Å². The molecule has 0 spiro atoms. The first-order valence-electron chi connectivity index (χ1n) is 6.62. The monoisotopic (exact) mass is 299 g/mol. The van der Waals surface area contributed by atoms with Crippen molar-refractivity contribution in [2.75, 3.05) is 13.2 Å². The molecule has 0 aliphatic rings. The fraction of sp³-hybridized carbons (Fsp3) is 0.615. The van der Waals surface area contributed by atoms with Gasteiger partial charge in [-0.25, -0.2) is 9.78 Å². The summed E-state index contributed by atoms with van der Waals surface area (Å²) in [4.78, 5) is 27.2. The molecule has 1 heterocycles. The van der Waals surface area contributed by atoms with E-state index in [4.69, 9.17) is 4.74 Å². The molecule has 1 rings (SSSR count). The molecule has 20 heavy (non-hydrogen) atoms. The van der Waals surface area contributed by atoms with Gasteiger partial charge in [-0.15, -0.1) is 11.3 Å². The van der Waals surface area contributed by atoms with Gasteiger partial charge in [-0.2, -0.15) is 0 Å². The highest BCUT2D eigenvalue weighted by atomic mass is 32.1. The first-order valence-corrected chi connectivity index (χ1v) is 7.56. The van der Waals surface area contributed by atoms with Gasteiger partial charge in [0.05, 0.1) is 12.1 Å². The normalized spacial score (nSPS) is 12.0. The lowest BCUT2D eigenvalue weighted by Crippen LogP contribution is -2.44. The number of rotatable bonds is 7. The lowest BCUT2D eigenvalue weighted by atomic mass is 10.0. The van der Waals surface area contributed by atoms with Gasteiger partial charge in [0.25, 0.3) is 5.91 Å². The largest absolute Gasteiger partial charge is 0.450 e. The average molecular weight is 299 g/mol. The molecule has 2 N–H and O–H groups in total. The Morgan fingerprint density at radius 2 is 2.20 bits per heavy atom. The summed E-state index contributed by atoms with van der Waals surface area (Å²) < 4.78 is 4.86. The summed E-state index contributed by atoms with van der Waals surface area (Å²) in [6, 6.07) is -0.156. The topological polar surface area (TPSA) is 80.3 Å². The molecular weight excluding hydrogens is 278 g/mol. The van der Waals surface area contributed by atoms with Crippen molar-refractivity contribution in [1.29, 1.82) is 0 Å². The molecule has 6 nitrogen and oxygen atoms in total. The number of alkyl carbamates (subject to hydrolysis) is 1. The number of carbonyl (C=O) groups excluding carboxylic acids is 2. The number of thiazole rings is 1. The van der Waals surface area contributed by atoms with Crippen LogP contribution < -0.4 is 10.6 Å². The second kappa shape index (κ2) is 8.52. The molecule has 7 heteroatoms. The highest BCUT2D eigenvalue weighted by Crippen LogP contribution is 2.05. The number of carbonyl (C=O) groups is 2. The number of hydrogen-bond acceptors (Lipinski definition) is 5. The summed E-state index contributed by atoms with van der Waals surface area (Å²) in [7, 11) is 0. The first kappa shape index (κ1) is 16.4. The van der Waals surface area contributed by atoms with Crippen LogP contribution in [0.25, 0.3) is 0 Å². The second-order valence-corrected chi connectivity index (χ2v) is 5.49. The van der Waals surface area contributed by atoms with E-state index in [1.54, 1.807) is 17.8 Å². The lowest BCUT2D eigenvalue weighted by molar-refractivity contribution is 0.0940. The minimum atomic E-state index is -0.457. The molecule has 0 saturated carbocycles. The first-order chi connectivity index (χ1) is 9.52. The Labute approximate surface area is 122 Å². The van der Waals surface area contributed by atoms with Crippen molar-refractivity contribution in [3.63, 3.8) is 0 Å². The Bertz CT molecular complexity index is 421. The maximum absolute atomic E-state index is 11.8. The van der Waals surface area contributed by atoms with E-state index in [0.29, 0.717) is 24.8 Å². The summed E-state index contributed by atoms with van der Waals surface area (Å²) in [6.07, 6.45) is 0.303. The third-order valence-electron chi connectivity index (χ3n) is 2.53. The van der Waals surface area contributed by atoms with Crippen LogP contribution in [-0.4, -0.2) is 36.2 Å². The number of nitrogens with one attached hydrogen (secondary N) is 2. The smallest absolute Gasteiger partial charge is 0.407 e. The SMILES string of the molecule is CCOC(=O)N[C@@H](CNC(=O)c1cscn1)CC(C)C. The minimum absolute atomic E-state index is 0.156. The van der Waals surface area contributed by atoms with E-state index in [0.717, 1.165) is 6.42 Å². The van der Waals surface area contributed by atoms with Gasteiger partial charge >= 0.3 is 6.09 Å². The van der Waals surface area contributed by atoms with Crippen LogP contribution in [0.1, 0.15) is 37.7 Å². The maximum atomic E-state index is 11.8. The van der Waals surface area contributed by atoms with Gasteiger partial charge in [0.15, 0.2) is 0 Å². The van der Waals surface area contributed by atoms with Crippen molar-refractivity contribution in [2.45, 2.75) is 33.2 Å². The van der Waals surface area contributed by atoms with Gasteiger partial charge in [0, 0.05) is 18.0 Å². The van der Waals surface area contributed by atoms with E-state index in [-0.39, 0.29) is 11.9 Å². The van der Waals surface area contributed by atoms with Crippen LogP contribution >= 0.6 is 11.3 Å². The molecule has 0 aliphatic heterocycles. The van der Waals surface area contributed by atoms with Crippen LogP contribution in [0.15, 0.2) is 10.9 Å². The third-order valence-corrected chi connectivity index (χ3v) is 3.11. The molecule has 2 amide bonds. The summed E-state index contributed by atoms with van der Waals surface area (Å²) in [6.45, 7) is 6.55. The van der Waals surface area contributed by atoms with Gasteiger partial charge in [0.1, 0.15) is 5.69 Å². The Kier molecular flexibility index (Phi) is 7.00. The quantitative estimate of drug-likeness (QED) is 0.807. The van der Waals surface area contributed by atoms with Crippen molar-refractivity contribution >= 4 is 23.3 Å². The minimum Gasteiger partial charge on any atom is -0.450 e. The van der Waals surface area contributed by atoms with Crippen LogP contribution in [0.5, 0.6) is 0 Å². The lowest BCUT2D eigenvalue weighted by Gasteiger charge is -2.20. The van der Waals surface area contributed by atoms with E-state index in [9.17, 15) is 9.59 Å². The average Bonchev–Trinajstić information content (AvgIpc) is 2.89.